The van der Waals surface area contributed by atoms with Crippen LogP contribution >= 0.6 is 0 Å². The number of carbonyl (C=O) groups is 2. The van der Waals surface area contributed by atoms with E-state index in [1.165, 1.54) is 4.90 Å². The molecule has 102 valence electrons. The van der Waals surface area contributed by atoms with Gasteiger partial charge in [-0.15, -0.1) is 0 Å². The number of hydrogen-bond donors (Lipinski definition) is 1. The lowest BCUT2D eigenvalue weighted by Gasteiger charge is -2.27. The molecule has 0 aromatic heterocycles. The second kappa shape index (κ2) is 5.97. The quantitative estimate of drug-likeness (QED) is 0.819. The molecule has 1 aliphatic rings. The summed E-state index contributed by atoms with van der Waals surface area (Å²) in [6.07, 6.45) is 1.86. The summed E-state index contributed by atoms with van der Waals surface area (Å²) in [5.41, 5.74) is 1.45. The maximum atomic E-state index is 12.2. The molecule has 1 aliphatic heterocycles. The van der Waals surface area contributed by atoms with Crippen molar-refractivity contribution in [3.05, 3.63) is 35.4 Å². The smallest absolute Gasteiger partial charge is 0.260 e. The minimum Gasteiger partial charge on any atom is -0.396 e. The fraction of sp³-hybridized carbons (Fsp3) is 0.467. The maximum absolute atomic E-state index is 12.2. The van der Waals surface area contributed by atoms with Gasteiger partial charge < -0.3 is 5.11 Å². The van der Waals surface area contributed by atoms with Crippen molar-refractivity contribution in [2.24, 2.45) is 5.92 Å². The molecule has 0 aliphatic carbocycles. The van der Waals surface area contributed by atoms with Crippen LogP contribution in [-0.2, 0) is 11.2 Å². The van der Waals surface area contributed by atoms with Crippen molar-refractivity contribution in [3.8, 4) is 0 Å². The monoisotopic (exact) mass is 261 g/mol. The molecule has 2 rings (SSSR count). The normalized spacial score (nSPS) is 16.4. The Balaban J connectivity index is 2.03. The average Bonchev–Trinajstić information content (AvgIpc) is 2.42. The number of rotatable bonds is 5. The molecular weight excluding hydrogens is 242 g/mol. The van der Waals surface area contributed by atoms with E-state index in [4.69, 9.17) is 5.11 Å². The van der Waals surface area contributed by atoms with Crippen molar-refractivity contribution in [1.82, 2.24) is 4.90 Å². The number of fused-ring (bicyclic) bond motifs is 1. The van der Waals surface area contributed by atoms with E-state index in [0.29, 0.717) is 18.5 Å². The standard InChI is InChI=1S/C15H19NO3/c1-11(10-17)5-4-8-16-14(18)9-12-6-2-3-7-13(12)15(16)19/h2-3,6-7,11,17H,4-5,8-10H2,1H3. The highest BCUT2D eigenvalue weighted by Gasteiger charge is 2.29. The number of nitrogens with zero attached hydrogens (tertiary/aromatic N) is 1. The van der Waals surface area contributed by atoms with E-state index >= 15 is 0 Å². The number of aliphatic hydroxyl groups excluding tert-OH is 1. The maximum Gasteiger partial charge on any atom is 0.260 e. The van der Waals surface area contributed by atoms with Gasteiger partial charge in [-0.1, -0.05) is 25.1 Å². The van der Waals surface area contributed by atoms with Gasteiger partial charge in [0.25, 0.3) is 5.91 Å². The Hall–Kier alpha value is -1.68. The number of imide groups is 1. The molecule has 0 saturated heterocycles. The first kappa shape index (κ1) is 13.7. The molecule has 0 bridgehead atoms. The van der Waals surface area contributed by atoms with Gasteiger partial charge in [0.15, 0.2) is 0 Å². The van der Waals surface area contributed by atoms with E-state index in [1.807, 2.05) is 25.1 Å². The summed E-state index contributed by atoms with van der Waals surface area (Å²) in [5, 5.41) is 8.96. The Morgan fingerprint density at radius 2 is 2.05 bits per heavy atom. The third kappa shape index (κ3) is 3.01. The molecule has 4 nitrogen and oxygen atoms in total. The summed E-state index contributed by atoms with van der Waals surface area (Å²) < 4.78 is 0. The molecule has 0 saturated carbocycles. The van der Waals surface area contributed by atoms with Crippen LogP contribution in [-0.4, -0.2) is 35.0 Å². The van der Waals surface area contributed by atoms with Gasteiger partial charge >= 0.3 is 0 Å². The van der Waals surface area contributed by atoms with Crippen molar-refractivity contribution < 1.29 is 14.7 Å². The van der Waals surface area contributed by atoms with E-state index < -0.39 is 0 Å². The lowest BCUT2D eigenvalue weighted by molar-refractivity contribution is -0.128. The van der Waals surface area contributed by atoms with Crippen molar-refractivity contribution in [1.29, 1.82) is 0 Å². The lowest BCUT2D eigenvalue weighted by atomic mass is 9.98. The van der Waals surface area contributed by atoms with Gasteiger partial charge in [0.2, 0.25) is 5.91 Å². The van der Waals surface area contributed by atoms with Crippen LogP contribution in [0.5, 0.6) is 0 Å². The zero-order valence-electron chi connectivity index (χ0n) is 11.1. The van der Waals surface area contributed by atoms with Crippen molar-refractivity contribution in [3.63, 3.8) is 0 Å². The predicted octanol–water partition coefficient (Wildman–Crippen LogP) is 1.62. The third-order valence-corrected chi connectivity index (χ3v) is 3.53. The molecular formula is C15H19NO3. The zero-order valence-corrected chi connectivity index (χ0v) is 11.1. The van der Waals surface area contributed by atoms with Gasteiger partial charge in [-0.25, -0.2) is 0 Å². The molecule has 1 unspecified atom stereocenters. The van der Waals surface area contributed by atoms with E-state index in [1.54, 1.807) is 6.07 Å². The summed E-state index contributed by atoms with van der Waals surface area (Å²) in [7, 11) is 0. The highest BCUT2D eigenvalue weighted by atomic mass is 16.3. The zero-order chi connectivity index (χ0) is 13.8. The molecule has 4 heteroatoms. The number of benzene rings is 1. The van der Waals surface area contributed by atoms with Gasteiger partial charge in [0, 0.05) is 18.7 Å². The second-order valence-corrected chi connectivity index (χ2v) is 5.11. The van der Waals surface area contributed by atoms with Gasteiger partial charge in [-0.05, 0) is 30.4 Å². The molecule has 1 atom stereocenters. The Morgan fingerprint density at radius 3 is 2.79 bits per heavy atom. The summed E-state index contributed by atoms with van der Waals surface area (Å²) in [6, 6.07) is 7.26. The first-order valence-electron chi connectivity index (χ1n) is 6.67. The third-order valence-electron chi connectivity index (χ3n) is 3.53. The Bertz CT molecular complexity index is 484. The highest BCUT2D eigenvalue weighted by Crippen LogP contribution is 2.20. The van der Waals surface area contributed by atoms with Crippen LogP contribution in [0.15, 0.2) is 24.3 Å². The minimum atomic E-state index is -0.191. The molecule has 19 heavy (non-hydrogen) atoms. The molecule has 0 radical (unpaired) electrons. The lowest BCUT2D eigenvalue weighted by Crippen LogP contribution is -2.42. The fourth-order valence-electron chi connectivity index (χ4n) is 2.32. The predicted molar refractivity (Wildman–Crippen MR) is 71.7 cm³/mol. The highest BCUT2D eigenvalue weighted by molar-refractivity contribution is 6.09. The van der Waals surface area contributed by atoms with Crippen LogP contribution in [0.3, 0.4) is 0 Å². The van der Waals surface area contributed by atoms with E-state index in [2.05, 4.69) is 0 Å². The first-order chi connectivity index (χ1) is 9.13. The average molecular weight is 261 g/mol. The summed E-state index contributed by atoms with van der Waals surface area (Å²) >= 11 is 0. The van der Waals surface area contributed by atoms with E-state index in [9.17, 15) is 9.59 Å². The summed E-state index contributed by atoms with van der Waals surface area (Å²) in [4.78, 5) is 25.5. The van der Waals surface area contributed by atoms with E-state index in [0.717, 1.165) is 18.4 Å². The first-order valence-corrected chi connectivity index (χ1v) is 6.67. The SMILES string of the molecule is CC(CO)CCCN1C(=O)Cc2ccccc2C1=O. The Morgan fingerprint density at radius 1 is 1.32 bits per heavy atom. The molecule has 0 spiro atoms. The molecule has 1 aromatic rings. The molecule has 0 fully saturated rings. The van der Waals surface area contributed by atoms with Crippen LogP contribution in [0, 0.1) is 5.92 Å². The van der Waals surface area contributed by atoms with Gasteiger partial charge in [0.1, 0.15) is 0 Å². The van der Waals surface area contributed by atoms with Gasteiger partial charge in [-0.3, -0.25) is 14.5 Å². The molecule has 2 amide bonds. The topological polar surface area (TPSA) is 57.6 Å². The largest absolute Gasteiger partial charge is 0.396 e. The van der Waals surface area contributed by atoms with Gasteiger partial charge in [-0.2, -0.15) is 0 Å². The van der Waals surface area contributed by atoms with Crippen LogP contribution in [0.1, 0.15) is 35.7 Å². The van der Waals surface area contributed by atoms with Crippen molar-refractivity contribution in [2.75, 3.05) is 13.2 Å². The summed E-state index contributed by atoms with van der Waals surface area (Å²) in [5.74, 6) is -0.105. The van der Waals surface area contributed by atoms with Crippen molar-refractivity contribution in [2.45, 2.75) is 26.2 Å². The second-order valence-electron chi connectivity index (χ2n) is 5.11. The van der Waals surface area contributed by atoms with Crippen LogP contribution < -0.4 is 0 Å². The number of hydrogen-bond acceptors (Lipinski definition) is 3. The molecule has 1 N–H and O–H groups in total. The fourth-order valence-corrected chi connectivity index (χ4v) is 2.32. The number of amides is 2. The minimum absolute atomic E-state index is 0.125. The Kier molecular flexibility index (Phi) is 4.32. The van der Waals surface area contributed by atoms with Crippen LogP contribution in [0.4, 0.5) is 0 Å². The molecule has 1 aromatic carbocycles. The van der Waals surface area contributed by atoms with Gasteiger partial charge in [0.05, 0.1) is 6.42 Å². The number of carbonyl (C=O) groups excluding carboxylic acids is 2. The van der Waals surface area contributed by atoms with Crippen LogP contribution in [0.2, 0.25) is 0 Å². The molecule has 1 heterocycles. The summed E-state index contributed by atoms with van der Waals surface area (Å²) in [6.45, 7) is 2.54. The van der Waals surface area contributed by atoms with Crippen LogP contribution in [0.25, 0.3) is 0 Å². The van der Waals surface area contributed by atoms with E-state index in [-0.39, 0.29) is 24.3 Å². The Labute approximate surface area is 113 Å². The number of aliphatic hydroxyl groups is 1. The van der Waals surface area contributed by atoms with Crippen molar-refractivity contribution >= 4 is 11.8 Å².